The molecule has 98 valence electrons. The van der Waals surface area contributed by atoms with Gasteiger partial charge in [0.1, 0.15) is 18.7 Å². The van der Waals surface area contributed by atoms with Gasteiger partial charge in [-0.3, -0.25) is 9.36 Å². The lowest BCUT2D eigenvalue weighted by Gasteiger charge is -2.20. The normalized spacial score (nSPS) is 12.6. The number of rotatable bonds is 2. The summed E-state index contributed by atoms with van der Waals surface area (Å²) < 4.78 is 7.57. The molecule has 1 aliphatic heterocycles. The predicted octanol–water partition coefficient (Wildman–Crippen LogP) is 1.90. The summed E-state index contributed by atoms with van der Waals surface area (Å²) in [5.41, 5.74) is 2.14. The van der Waals surface area contributed by atoms with Crippen molar-refractivity contribution >= 4 is 5.91 Å². The van der Waals surface area contributed by atoms with Gasteiger partial charge in [-0.1, -0.05) is 12.1 Å². The van der Waals surface area contributed by atoms with Crippen molar-refractivity contribution in [2.75, 3.05) is 0 Å². The number of benzene rings is 1. The van der Waals surface area contributed by atoms with E-state index in [4.69, 9.17) is 4.74 Å². The highest BCUT2D eigenvalue weighted by molar-refractivity contribution is 5.93. The molecule has 2 aromatic rings. The standard InChI is InChI=1S/C14H15N3O2/c1-9(2)16-14(18)13-11-7-19-12-6-4-3-5-10(12)17(11)8-15-13/h3-6,8-9H,7H2,1-2H3,(H,16,18). The number of carbonyl (C=O) groups is 1. The fraction of sp³-hybridized carbons (Fsp3) is 0.286. The van der Waals surface area contributed by atoms with Crippen molar-refractivity contribution in [3.8, 4) is 11.4 Å². The monoisotopic (exact) mass is 257 g/mol. The zero-order valence-corrected chi connectivity index (χ0v) is 10.9. The molecular weight excluding hydrogens is 242 g/mol. The molecule has 0 radical (unpaired) electrons. The SMILES string of the molecule is CC(C)NC(=O)c1ncn2c1COc1ccccc1-2. The Labute approximate surface area is 111 Å². The lowest BCUT2D eigenvalue weighted by atomic mass is 10.2. The molecule has 5 heteroatoms. The first-order valence-electron chi connectivity index (χ1n) is 6.26. The average molecular weight is 257 g/mol. The molecule has 1 amide bonds. The number of nitrogens with zero attached hydrogens (tertiary/aromatic N) is 2. The van der Waals surface area contributed by atoms with Crippen LogP contribution in [0.2, 0.25) is 0 Å². The third kappa shape index (κ3) is 1.97. The average Bonchev–Trinajstić information content (AvgIpc) is 2.82. The fourth-order valence-electron chi connectivity index (χ4n) is 2.16. The summed E-state index contributed by atoms with van der Waals surface area (Å²) in [6.45, 7) is 4.20. The summed E-state index contributed by atoms with van der Waals surface area (Å²) in [5, 5.41) is 2.85. The van der Waals surface area contributed by atoms with Crippen LogP contribution in [0, 0.1) is 0 Å². The second-order valence-corrected chi connectivity index (χ2v) is 4.79. The largest absolute Gasteiger partial charge is 0.485 e. The molecule has 0 unspecified atom stereocenters. The molecule has 0 saturated carbocycles. The minimum Gasteiger partial charge on any atom is -0.485 e. The predicted molar refractivity (Wildman–Crippen MR) is 70.5 cm³/mol. The van der Waals surface area contributed by atoms with Gasteiger partial charge in [-0.15, -0.1) is 0 Å². The van der Waals surface area contributed by atoms with E-state index in [0.717, 1.165) is 17.1 Å². The number of hydrogen-bond donors (Lipinski definition) is 1. The van der Waals surface area contributed by atoms with Gasteiger partial charge < -0.3 is 10.1 Å². The highest BCUT2D eigenvalue weighted by atomic mass is 16.5. The van der Waals surface area contributed by atoms with Gasteiger partial charge in [0.15, 0.2) is 5.69 Å². The zero-order chi connectivity index (χ0) is 13.4. The van der Waals surface area contributed by atoms with Crippen molar-refractivity contribution < 1.29 is 9.53 Å². The number of fused-ring (bicyclic) bond motifs is 3. The number of nitrogens with one attached hydrogen (secondary N) is 1. The summed E-state index contributed by atoms with van der Waals surface area (Å²) in [5.74, 6) is 0.648. The van der Waals surface area contributed by atoms with E-state index in [0.29, 0.717) is 12.3 Å². The van der Waals surface area contributed by atoms with Crippen molar-refractivity contribution in [2.24, 2.45) is 0 Å². The van der Waals surface area contributed by atoms with Crippen LogP contribution < -0.4 is 10.1 Å². The lowest BCUT2D eigenvalue weighted by Crippen LogP contribution is -2.31. The molecule has 0 atom stereocenters. The second kappa shape index (κ2) is 4.42. The molecule has 0 saturated heterocycles. The molecule has 3 rings (SSSR count). The van der Waals surface area contributed by atoms with E-state index in [1.807, 2.05) is 42.7 Å². The van der Waals surface area contributed by atoms with Crippen LogP contribution in [0.15, 0.2) is 30.6 Å². The highest BCUT2D eigenvalue weighted by Gasteiger charge is 2.24. The molecule has 0 fully saturated rings. The van der Waals surface area contributed by atoms with E-state index in [1.54, 1.807) is 6.33 Å². The Balaban J connectivity index is 2.02. The first-order chi connectivity index (χ1) is 9.16. The maximum Gasteiger partial charge on any atom is 0.272 e. The van der Waals surface area contributed by atoms with Crippen LogP contribution in [-0.4, -0.2) is 21.5 Å². The van der Waals surface area contributed by atoms with Crippen LogP contribution >= 0.6 is 0 Å². The van der Waals surface area contributed by atoms with E-state index in [-0.39, 0.29) is 11.9 Å². The zero-order valence-electron chi connectivity index (χ0n) is 10.9. The number of para-hydroxylation sites is 2. The molecule has 1 aliphatic rings. The minimum atomic E-state index is -0.160. The van der Waals surface area contributed by atoms with Gasteiger partial charge >= 0.3 is 0 Å². The van der Waals surface area contributed by atoms with Gasteiger partial charge in [0.2, 0.25) is 0 Å². The van der Waals surface area contributed by atoms with Gasteiger partial charge in [-0.25, -0.2) is 4.98 Å². The Hall–Kier alpha value is -2.30. The summed E-state index contributed by atoms with van der Waals surface area (Å²) in [6, 6.07) is 7.80. The molecule has 1 N–H and O–H groups in total. The Morgan fingerprint density at radius 3 is 3.00 bits per heavy atom. The van der Waals surface area contributed by atoms with Crippen LogP contribution in [0.3, 0.4) is 0 Å². The summed E-state index contributed by atoms with van der Waals surface area (Å²) >= 11 is 0. The van der Waals surface area contributed by atoms with Crippen molar-refractivity contribution in [1.82, 2.24) is 14.9 Å². The van der Waals surface area contributed by atoms with Crippen molar-refractivity contribution in [1.29, 1.82) is 0 Å². The Bertz CT molecular complexity index is 631. The Morgan fingerprint density at radius 1 is 1.42 bits per heavy atom. The van der Waals surface area contributed by atoms with Crippen LogP contribution in [-0.2, 0) is 6.61 Å². The van der Waals surface area contributed by atoms with Crippen molar-refractivity contribution in [3.05, 3.63) is 42.0 Å². The molecule has 2 heterocycles. The van der Waals surface area contributed by atoms with E-state index in [1.165, 1.54) is 0 Å². The quantitative estimate of drug-likeness (QED) is 0.894. The van der Waals surface area contributed by atoms with Crippen LogP contribution in [0.5, 0.6) is 5.75 Å². The van der Waals surface area contributed by atoms with E-state index < -0.39 is 0 Å². The number of ether oxygens (including phenoxy) is 1. The second-order valence-electron chi connectivity index (χ2n) is 4.79. The first-order valence-corrected chi connectivity index (χ1v) is 6.26. The molecule has 1 aromatic carbocycles. The first kappa shape index (κ1) is 11.8. The summed E-state index contributed by atoms with van der Waals surface area (Å²) in [6.07, 6.45) is 1.67. The number of aromatic nitrogens is 2. The van der Waals surface area contributed by atoms with Gasteiger partial charge in [-0.05, 0) is 26.0 Å². The summed E-state index contributed by atoms with van der Waals surface area (Å²) in [4.78, 5) is 16.3. The fourth-order valence-corrected chi connectivity index (χ4v) is 2.16. The van der Waals surface area contributed by atoms with Crippen molar-refractivity contribution in [2.45, 2.75) is 26.5 Å². The van der Waals surface area contributed by atoms with E-state index in [2.05, 4.69) is 10.3 Å². The van der Waals surface area contributed by atoms with Crippen LogP contribution in [0.1, 0.15) is 30.0 Å². The molecule has 19 heavy (non-hydrogen) atoms. The minimum absolute atomic E-state index is 0.0849. The van der Waals surface area contributed by atoms with Gasteiger partial charge in [0, 0.05) is 6.04 Å². The maximum absolute atomic E-state index is 12.1. The van der Waals surface area contributed by atoms with Gasteiger partial charge in [0.05, 0.1) is 11.4 Å². The molecule has 1 aromatic heterocycles. The number of carbonyl (C=O) groups excluding carboxylic acids is 1. The third-order valence-electron chi connectivity index (χ3n) is 2.99. The maximum atomic E-state index is 12.1. The van der Waals surface area contributed by atoms with E-state index in [9.17, 15) is 4.79 Å². The summed E-state index contributed by atoms with van der Waals surface area (Å²) in [7, 11) is 0. The van der Waals surface area contributed by atoms with Crippen molar-refractivity contribution in [3.63, 3.8) is 0 Å². The molecule has 0 spiro atoms. The smallest absolute Gasteiger partial charge is 0.272 e. The Morgan fingerprint density at radius 2 is 2.21 bits per heavy atom. The van der Waals surface area contributed by atoms with Gasteiger partial charge in [0.25, 0.3) is 5.91 Å². The molecule has 0 bridgehead atoms. The third-order valence-corrected chi connectivity index (χ3v) is 2.99. The topological polar surface area (TPSA) is 56.2 Å². The number of hydrogen-bond acceptors (Lipinski definition) is 3. The molecule has 0 aliphatic carbocycles. The van der Waals surface area contributed by atoms with Crippen LogP contribution in [0.25, 0.3) is 5.69 Å². The van der Waals surface area contributed by atoms with Crippen LogP contribution in [0.4, 0.5) is 0 Å². The highest BCUT2D eigenvalue weighted by Crippen LogP contribution is 2.30. The lowest BCUT2D eigenvalue weighted by molar-refractivity contribution is 0.0935. The Kier molecular flexibility index (Phi) is 2.74. The molecular formula is C14H15N3O2. The molecule has 5 nitrogen and oxygen atoms in total. The van der Waals surface area contributed by atoms with E-state index >= 15 is 0 Å². The van der Waals surface area contributed by atoms with Gasteiger partial charge in [-0.2, -0.15) is 0 Å². The number of imidazole rings is 1. The number of amides is 1.